The fourth-order valence-corrected chi connectivity index (χ4v) is 2.82. The minimum Gasteiger partial charge on any atom is -0.286 e. The van der Waals surface area contributed by atoms with Gasteiger partial charge in [-0.3, -0.25) is 4.99 Å². The zero-order valence-electron chi connectivity index (χ0n) is 12.9. The van der Waals surface area contributed by atoms with Crippen LogP contribution in [-0.4, -0.2) is 27.3 Å². The van der Waals surface area contributed by atoms with Crippen LogP contribution in [0.4, 0.5) is 0 Å². The van der Waals surface area contributed by atoms with Crippen molar-refractivity contribution in [3.05, 3.63) is 11.9 Å². The summed E-state index contributed by atoms with van der Waals surface area (Å²) in [4.78, 5) is 4.63. The predicted octanol–water partition coefficient (Wildman–Crippen LogP) is 4.00. The summed E-state index contributed by atoms with van der Waals surface area (Å²) in [6.45, 7) is 4.02. The first-order valence-corrected chi connectivity index (χ1v) is 8.34. The summed E-state index contributed by atoms with van der Waals surface area (Å²) in [7, 11) is 0. The van der Waals surface area contributed by atoms with Gasteiger partial charge in [-0.1, -0.05) is 63.5 Å². The summed E-state index contributed by atoms with van der Waals surface area (Å²) in [6.07, 6.45) is 15.3. The molecule has 4 nitrogen and oxygen atoms in total. The number of hydrogen-bond donors (Lipinski definition) is 0. The van der Waals surface area contributed by atoms with Crippen LogP contribution in [-0.2, 0) is 6.54 Å². The van der Waals surface area contributed by atoms with Gasteiger partial charge in [0.05, 0.1) is 25.0 Å². The standard InChI is InChI=1S/C16H28N4/c1-2-3-4-5-6-7-8-9-10-11-15-16-14-18-19-20(16)13-12-17-15/h14H,2-13H2,1H3. The van der Waals surface area contributed by atoms with E-state index >= 15 is 0 Å². The first-order valence-electron chi connectivity index (χ1n) is 8.34. The van der Waals surface area contributed by atoms with Crippen molar-refractivity contribution >= 4 is 5.71 Å². The Morgan fingerprint density at radius 2 is 1.70 bits per heavy atom. The first kappa shape index (κ1) is 15.2. The van der Waals surface area contributed by atoms with Crippen molar-refractivity contribution in [2.75, 3.05) is 6.54 Å². The van der Waals surface area contributed by atoms with Crippen LogP contribution in [0, 0.1) is 0 Å². The largest absolute Gasteiger partial charge is 0.286 e. The van der Waals surface area contributed by atoms with Crippen LogP contribution in [0.2, 0.25) is 0 Å². The molecule has 0 aliphatic carbocycles. The number of aromatic nitrogens is 3. The van der Waals surface area contributed by atoms with Gasteiger partial charge < -0.3 is 0 Å². The zero-order chi connectivity index (χ0) is 14.0. The zero-order valence-corrected chi connectivity index (χ0v) is 12.9. The van der Waals surface area contributed by atoms with Gasteiger partial charge in [-0.25, -0.2) is 4.68 Å². The Labute approximate surface area is 122 Å². The van der Waals surface area contributed by atoms with Crippen molar-refractivity contribution in [3.63, 3.8) is 0 Å². The van der Waals surface area contributed by atoms with Crippen molar-refractivity contribution in [3.8, 4) is 0 Å². The monoisotopic (exact) mass is 276 g/mol. The van der Waals surface area contributed by atoms with E-state index in [9.17, 15) is 0 Å². The summed E-state index contributed by atoms with van der Waals surface area (Å²) in [5.74, 6) is 0. The second-order valence-corrected chi connectivity index (χ2v) is 5.75. The van der Waals surface area contributed by atoms with Gasteiger partial charge in [0, 0.05) is 0 Å². The molecule has 112 valence electrons. The average molecular weight is 276 g/mol. The molecule has 0 radical (unpaired) electrons. The Kier molecular flexibility index (Phi) is 6.75. The molecule has 1 aromatic rings. The molecule has 0 aromatic carbocycles. The molecular formula is C16H28N4. The second kappa shape index (κ2) is 8.88. The van der Waals surface area contributed by atoms with Crippen molar-refractivity contribution in [2.45, 2.75) is 77.7 Å². The van der Waals surface area contributed by atoms with Crippen molar-refractivity contribution in [2.24, 2.45) is 4.99 Å². The SMILES string of the molecule is CCCCCCCCCCCC1=NCCn2nncc21. The van der Waals surface area contributed by atoms with Crippen LogP contribution < -0.4 is 0 Å². The number of unbranched alkanes of at least 4 members (excludes halogenated alkanes) is 8. The van der Waals surface area contributed by atoms with E-state index in [0.717, 1.165) is 25.2 Å². The number of fused-ring (bicyclic) bond motifs is 1. The maximum atomic E-state index is 4.63. The van der Waals surface area contributed by atoms with Crippen LogP contribution in [0.25, 0.3) is 0 Å². The summed E-state index contributed by atoms with van der Waals surface area (Å²) < 4.78 is 1.98. The minimum atomic E-state index is 0.864. The van der Waals surface area contributed by atoms with E-state index in [4.69, 9.17) is 0 Å². The Bertz CT molecular complexity index is 408. The molecule has 1 aliphatic rings. The molecule has 2 rings (SSSR count). The molecule has 20 heavy (non-hydrogen) atoms. The first-order chi connectivity index (χ1) is 9.92. The lowest BCUT2D eigenvalue weighted by Gasteiger charge is -2.13. The molecule has 0 unspecified atom stereocenters. The third kappa shape index (κ3) is 4.73. The Hall–Kier alpha value is -1.19. The van der Waals surface area contributed by atoms with Crippen molar-refractivity contribution in [1.82, 2.24) is 15.0 Å². The van der Waals surface area contributed by atoms with Gasteiger partial charge in [0.15, 0.2) is 0 Å². The van der Waals surface area contributed by atoms with Crippen molar-refractivity contribution < 1.29 is 0 Å². The van der Waals surface area contributed by atoms with E-state index < -0.39 is 0 Å². The minimum absolute atomic E-state index is 0.864. The topological polar surface area (TPSA) is 43.1 Å². The normalized spacial score (nSPS) is 14.2. The third-order valence-electron chi connectivity index (χ3n) is 4.04. The fraction of sp³-hybridized carbons (Fsp3) is 0.812. The number of hydrogen-bond acceptors (Lipinski definition) is 3. The molecule has 0 amide bonds. The van der Waals surface area contributed by atoms with Crippen LogP contribution in [0.15, 0.2) is 11.2 Å². The highest BCUT2D eigenvalue weighted by Gasteiger charge is 2.14. The summed E-state index contributed by atoms with van der Waals surface area (Å²) in [6, 6.07) is 0. The number of aliphatic imine (C=N–C) groups is 1. The van der Waals surface area contributed by atoms with Crippen molar-refractivity contribution in [1.29, 1.82) is 0 Å². The van der Waals surface area contributed by atoms with Gasteiger partial charge in [0.1, 0.15) is 5.69 Å². The molecule has 0 bridgehead atoms. The Balaban J connectivity index is 1.53. The maximum Gasteiger partial charge on any atom is 0.102 e. The Morgan fingerprint density at radius 3 is 2.45 bits per heavy atom. The highest BCUT2D eigenvalue weighted by Crippen LogP contribution is 2.14. The lowest BCUT2D eigenvalue weighted by Crippen LogP contribution is -2.19. The van der Waals surface area contributed by atoms with E-state index in [1.807, 2.05) is 10.9 Å². The second-order valence-electron chi connectivity index (χ2n) is 5.75. The van der Waals surface area contributed by atoms with Crippen LogP contribution >= 0.6 is 0 Å². The highest BCUT2D eigenvalue weighted by molar-refractivity contribution is 5.99. The molecule has 0 atom stereocenters. The van der Waals surface area contributed by atoms with Gasteiger partial charge >= 0.3 is 0 Å². The summed E-state index contributed by atoms with van der Waals surface area (Å²) in [5.41, 5.74) is 2.35. The fourth-order valence-electron chi connectivity index (χ4n) is 2.82. The molecule has 0 spiro atoms. The third-order valence-corrected chi connectivity index (χ3v) is 4.04. The smallest absolute Gasteiger partial charge is 0.102 e. The maximum absolute atomic E-state index is 4.63. The van der Waals surface area contributed by atoms with Crippen LogP contribution in [0.1, 0.15) is 76.8 Å². The molecule has 0 N–H and O–H groups in total. The van der Waals surface area contributed by atoms with E-state index in [1.165, 1.54) is 63.5 Å². The van der Waals surface area contributed by atoms with Crippen LogP contribution in [0.5, 0.6) is 0 Å². The Morgan fingerprint density at radius 1 is 1.00 bits per heavy atom. The molecule has 0 fully saturated rings. The van der Waals surface area contributed by atoms with Gasteiger partial charge in [0.2, 0.25) is 0 Å². The molecule has 0 saturated carbocycles. The number of rotatable bonds is 10. The summed E-state index contributed by atoms with van der Waals surface area (Å²) in [5, 5.41) is 8.07. The van der Waals surface area contributed by atoms with Gasteiger partial charge in [-0.05, 0) is 12.8 Å². The highest BCUT2D eigenvalue weighted by atomic mass is 15.4. The van der Waals surface area contributed by atoms with E-state index in [-0.39, 0.29) is 0 Å². The molecule has 4 heteroatoms. The molecule has 2 heterocycles. The lowest BCUT2D eigenvalue weighted by atomic mass is 10.0. The molecule has 0 saturated heterocycles. The summed E-state index contributed by atoms with van der Waals surface area (Å²) >= 11 is 0. The quantitative estimate of drug-likeness (QED) is 0.606. The van der Waals surface area contributed by atoms with Gasteiger partial charge in [-0.2, -0.15) is 0 Å². The molecule has 1 aliphatic heterocycles. The van der Waals surface area contributed by atoms with E-state index in [0.29, 0.717) is 0 Å². The van der Waals surface area contributed by atoms with E-state index in [1.54, 1.807) is 0 Å². The van der Waals surface area contributed by atoms with E-state index in [2.05, 4.69) is 22.2 Å². The van der Waals surface area contributed by atoms with Gasteiger partial charge in [-0.15, -0.1) is 5.10 Å². The molecule has 1 aromatic heterocycles. The number of nitrogens with zero attached hydrogens (tertiary/aromatic N) is 4. The lowest BCUT2D eigenvalue weighted by molar-refractivity contribution is 0.563. The van der Waals surface area contributed by atoms with Crippen LogP contribution in [0.3, 0.4) is 0 Å². The molecular weight excluding hydrogens is 248 g/mol. The predicted molar refractivity (Wildman–Crippen MR) is 83.3 cm³/mol. The van der Waals surface area contributed by atoms with Gasteiger partial charge in [0.25, 0.3) is 0 Å². The average Bonchev–Trinajstić information content (AvgIpc) is 2.95.